The topological polar surface area (TPSA) is 38.0 Å². The molecule has 0 amide bonds. The molecule has 0 aliphatic carbocycles. The van der Waals surface area contributed by atoms with E-state index in [1.807, 2.05) is 43.3 Å². The molecule has 1 atom stereocenters. The number of halogens is 1. The smallest absolute Gasteiger partial charge is 0.129 e. The van der Waals surface area contributed by atoms with Gasteiger partial charge in [0, 0.05) is 23.8 Å². The average molecular weight is 244 g/mol. The molecule has 0 heterocycles. The van der Waals surface area contributed by atoms with Crippen LogP contribution in [0.1, 0.15) is 24.1 Å². The zero-order valence-corrected chi connectivity index (χ0v) is 10.4. The van der Waals surface area contributed by atoms with Crippen molar-refractivity contribution in [1.82, 2.24) is 0 Å². The fourth-order valence-electron chi connectivity index (χ4n) is 1.96. The Bertz CT molecular complexity index is 511. The maximum absolute atomic E-state index is 13.6. The normalized spacial score (nSPS) is 12.2. The SMILES string of the molecule is CC(Nc1cccc(F)c1CN)c1ccccc1. The van der Waals surface area contributed by atoms with E-state index in [0.717, 1.165) is 11.3 Å². The first-order valence-electron chi connectivity index (χ1n) is 6.01. The summed E-state index contributed by atoms with van der Waals surface area (Å²) in [5.41, 5.74) is 8.03. The summed E-state index contributed by atoms with van der Waals surface area (Å²) in [6.07, 6.45) is 0. The number of hydrogen-bond acceptors (Lipinski definition) is 2. The fourth-order valence-corrected chi connectivity index (χ4v) is 1.96. The molecular weight excluding hydrogens is 227 g/mol. The quantitative estimate of drug-likeness (QED) is 0.864. The maximum Gasteiger partial charge on any atom is 0.129 e. The lowest BCUT2D eigenvalue weighted by molar-refractivity contribution is 0.611. The minimum absolute atomic E-state index is 0.110. The molecule has 0 aromatic heterocycles. The molecule has 2 rings (SSSR count). The number of hydrogen-bond donors (Lipinski definition) is 2. The van der Waals surface area contributed by atoms with E-state index in [1.165, 1.54) is 6.07 Å². The van der Waals surface area contributed by atoms with Gasteiger partial charge in [-0.15, -0.1) is 0 Å². The highest BCUT2D eigenvalue weighted by Gasteiger charge is 2.10. The second-order valence-corrected chi connectivity index (χ2v) is 4.25. The molecule has 0 radical (unpaired) electrons. The van der Waals surface area contributed by atoms with E-state index in [2.05, 4.69) is 5.32 Å². The van der Waals surface area contributed by atoms with Gasteiger partial charge in [-0.05, 0) is 24.6 Å². The first kappa shape index (κ1) is 12.6. The minimum Gasteiger partial charge on any atom is -0.378 e. The van der Waals surface area contributed by atoms with Crippen LogP contribution >= 0.6 is 0 Å². The molecule has 1 unspecified atom stereocenters. The van der Waals surface area contributed by atoms with Crippen molar-refractivity contribution in [3.8, 4) is 0 Å². The van der Waals surface area contributed by atoms with Gasteiger partial charge in [-0.3, -0.25) is 0 Å². The fraction of sp³-hybridized carbons (Fsp3) is 0.200. The predicted molar refractivity (Wildman–Crippen MR) is 72.8 cm³/mol. The van der Waals surface area contributed by atoms with E-state index in [0.29, 0.717) is 5.56 Å². The zero-order valence-electron chi connectivity index (χ0n) is 10.4. The van der Waals surface area contributed by atoms with Gasteiger partial charge in [0.2, 0.25) is 0 Å². The van der Waals surface area contributed by atoms with Crippen molar-refractivity contribution in [3.63, 3.8) is 0 Å². The maximum atomic E-state index is 13.6. The van der Waals surface area contributed by atoms with Gasteiger partial charge in [0.05, 0.1) is 0 Å². The molecule has 0 aliphatic rings. The third-order valence-corrected chi connectivity index (χ3v) is 2.99. The molecule has 2 aromatic carbocycles. The summed E-state index contributed by atoms with van der Waals surface area (Å²) in [5, 5.41) is 3.30. The summed E-state index contributed by atoms with van der Waals surface area (Å²) >= 11 is 0. The highest BCUT2D eigenvalue weighted by Crippen LogP contribution is 2.23. The Balaban J connectivity index is 2.22. The number of nitrogens with two attached hydrogens (primary N) is 1. The van der Waals surface area contributed by atoms with Crippen molar-refractivity contribution in [2.24, 2.45) is 5.73 Å². The van der Waals surface area contributed by atoms with Crippen LogP contribution in [-0.4, -0.2) is 0 Å². The lowest BCUT2D eigenvalue weighted by atomic mass is 10.1. The summed E-state index contributed by atoms with van der Waals surface area (Å²) in [6, 6.07) is 15.1. The Labute approximate surface area is 107 Å². The van der Waals surface area contributed by atoms with E-state index in [1.54, 1.807) is 6.07 Å². The van der Waals surface area contributed by atoms with Crippen molar-refractivity contribution in [2.45, 2.75) is 19.5 Å². The molecule has 0 saturated carbocycles. The number of nitrogens with one attached hydrogen (secondary N) is 1. The molecule has 3 N–H and O–H groups in total. The molecule has 3 heteroatoms. The second-order valence-electron chi connectivity index (χ2n) is 4.25. The Morgan fingerprint density at radius 3 is 2.50 bits per heavy atom. The van der Waals surface area contributed by atoms with Gasteiger partial charge in [-0.2, -0.15) is 0 Å². The third kappa shape index (κ3) is 2.68. The van der Waals surface area contributed by atoms with E-state index >= 15 is 0 Å². The van der Waals surface area contributed by atoms with Crippen LogP contribution in [-0.2, 0) is 6.54 Å². The second kappa shape index (κ2) is 5.65. The molecular formula is C15H17FN2. The Kier molecular flexibility index (Phi) is 3.95. The van der Waals surface area contributed by atoms with Crippen LogP contribution in [0.25, 0.3) is 0 Å². The summed E-state index contributed by atoms with van der Waals surface area (Å²) in [5.74, 6) is -0.261. The van der Waals surface area contributed by atoms with Crippen molar-refractivity contribution in [2.75, 3.05) is 5.32 Å². The molecule has 0 fully saturated rings. The minimum atomic E-state index is -0.261. The first-order valence-corrected chi connectivity index (χ1v) is 6.01. The van der Waals surface area contributed by atoms with Crippen LogP contribution in [0.15, 0.2) is 48.5 Å². The van der Waals surface area contributed by atoms with Crippen LogP contribution in [0.4, 0.5) is 10.1 Å². The summed E-state index contributed by atoms with van der Waals surface area (Å²) < 4.78 is 13.6. The van der Waals surface area contributed by atoms with Gasteiger partial charge in [0.1, 0.15) is 5.82 Å². The van der Waals surface area contributed by atoms with Crippen LogP contribution < -0.4 is 11.1 Å². The average Bonchev–Trinajstić information content (AvgIpc) is 2.40. The highest BCUT2D eigenvalue weighted by atomic mass is 19.1. The number of anilines is 1. The van der Waals surface area contributed by atoms with E-state index < -0.39 is 0 Å². The lowest BCUT2D eigenvalue weighted by Gasteiger charge is -2.18. The van der Waals surface area contributed by atoms with E-state index in [-0.39, 0.29) is 18.4 Å². The number of rotatable bonds is 4. The Hall–Kier alpha value is -1.87. The molecule has 2 aromatic rings. The molecule has 2 nitrogen and oxygen atoms in total. The standard InChI is InChI=1S/C15H17FN2/c1-11(12-6-3-2-4-7-12)18-15-9-5-8-14(16)13(15)10-17/h2-9,11,18H,10,17H2,1H3. The van der Waals surface area contributed by atoms with Crippen LogP contribution in [0.2, 0.25) is 0 Å². The van der Waals surface area contributed by atoms with Gasteiger partial charge in [-0.25, -0.2) is 4.39 Å². The van der Waals surface area contributed by atoms with E-state index in [4.69, 9.17) is 5.73 Å². The van der Waals surface area contributed by atoms with Crippen molar-refractivity contribution < 1.29 is 4.39 Å². The highest BCUT2D eigenvalue weighted by molar-refractivity contribution is 5.53. The molecule has 94 valence electrons. The van der Waals surface area contributed by atoms with Gasteiger partial charge in [-0.1, -0.05) is 36.4 Å². The Morgan fingerprint density at radius 2 is 1.83 bits per heavy atom. The van der Waals surface area contributed by atoms with Crippen molar-refractivity contribution in [3.05, 3.63) is 65.5 Å². The van der Waals surface area contributed by atoms with Crippen molar-refractivity contribution in [1.29, 1.82) is 0 Å². The largest absolute Gasteiger partial charge is 0.378 e. The van der Waals surface area contributed by atoms with Gasteiger partial charge in [0.15, 0.2) is 0 Å². The number of benzene rings is 2. The van der Waals surface area contributed by atoms with Crippen LogP contribution in [0, 0.1) is 5.82 Å². The summed E-state index contributed by atoms with van der Waals surface area (Å²) in [4.78, 5) is 0. The van der Waals surface area contributed by atoms with Crippen molar-refractivity contribution >= 4 is 5.69 Å². The zero-order chi connectivity index (χ0) is 13.0. The molecule has 0 spiro atoms. The molecule has 0 aliphatic heterocycles. The van der Waals surface area contributed by atoms with Gasteiger partial charge < -0.3 is 11.1 Å². The molecule has 0 bridgehead atoms. The monoisotopic (exact) mass is 244 g/mol. The molecule has 0 saturated heterocycles. The third-order valence-electron chi connectivity index (χ3n) is 2.99. The van der Waals surface area contributed by atoms with Gasteiger partial charge in [0.25, 0.3) is 0 Å². The van der Waals surface area contributed by atoms with Gasteiger partial charge >= 0.3 is 0 Å². The van der Waals surface area contributed by atoms with Crippen LogP contribution in [0.3, 0.4) is 0 Å². The lowest BCUT2D eigenvalue weighted by Crippen LogP contribution is -2.11. The first-order chi connectivity index (χ1) is 8.72. The molecule has 18 heavy (non-hydrogen) atoms. The Morgan fingerprint density at radius 1 is 1.11 bits per heavy atom. The van der Waals surface area contributed by atoms with E-state index in [9.17, 15) is 4.39 Å². The van der Waals surface area contributed by atoms with Crippen LogP contribution in [0.5, 0.6) is 0 Å². The predicted octanol–water partition coefficient (Wildman–Crippen LogP) is 3.46. The summed E-state index contributed by atoms with van der Waals surface area (Å²) in [7, 11) is 0. The summed E-state index contributed by atoms with van der Waals surface area (Å²) in [6.45, 7) is 2.23.